The monoisotopic (exact) mass is 453 g/mol. The van der Waals surface area contributed by atoms with Crippen LogP contribution in [0.2, 0.25) is 0 Å². The second-order valence-electron chi connectivity index (χ2n) is 8.10. The zero-order valence-electron chi connectivity index (χ0n) is 17.9. The summed E-state index contributed by atoms with van der Waals surface area (Å²) in [4.78, 5) is 27.0. The standard InChI is InChI=1S/C24H27N3O4S/c28-23(25-15-19-9-3-1-4-10-19)18-32(30,31)22-16-27(21-12-6-5-11-20(21)22)17-24(29)26-13-7-2-8-14-26/h1,3-6,9-12,16H,2,7-8,13-15,17-18H2,(H,25,28). The maximum atomic E-state index is 13.1. The molecule has 2 heterocycles. The molecule has 1 aliphatic heterocycles. The number of nitrogens with one attached hydrogen (secondary N) is 1. The molecule has 1 aromatic heterocycles. The number of hydrogen-bond acceptors (Lipinski definition) is 4. The van der Waals surface area contributed by atoms with Crippen LogP contribution in [0.5, 0.6) is 0 Å². The van der Waals surface area contributed by atoms with Crippen molar-refractivity contribution >= 4 is 32.6 Å². The molecule has 1 N–H and O–H groups in total. The summed E-state index contributed by atoms with van der Waals surface area (Å²) >= 11 is 0. The van der Waals surface area contributed by atoms with Gasteiger partial charge in [-0.05, 0) is 30.9 Å². The Labute approximate surface area is 187 Å². The number of amides is 2. The fourth-order valence-electron chi connectivity index (χ4n) is 4.08. The van der Waals surface area contributed by atoms with Gasteiger partial charge in [0.2, 0.25) is 11.8 Å². The number of benzene rings is 2. The minimum absolute atomic E-state index is 0.0185. The minimum atomic E-state index is -3.89. The van der Waals surface area contributed by atoms with Crippen molar-refractivity contribution in [3.05, 3.63) is 66.4 Å². The SMILES string of the molecule is O=C(CS(=O)(=O)c1cn(CC(=O)N2CCCCC2)c2ccccc12)NCc1ccccc1. The van der Waals surface area contributed by atoms with Crippen molar-refractivity contribution in [3.8, 4) is 0 Å². The number of hydrogen-bond donors (Lipinski definition) is 1. The van der Waals surface area contributed by atoms with E-state index in [-0.39, 0.29) is 23.9 Å². The maximum absolute atomic E-state index is 13.1. The Bertz CT molecular complexity index is 1210. The molecule has 1 saturated heterocycles. The van der Waals surface area contributed by atoms with E-state index >= 15 is 0 Å². The van der Waals surface area contributed by atoms with Gasteiger partial charge in [-0.1, -0.05) is 48.5 Å². The van der Waals surface area contributed by atoms with E-state index in [2.05, 4.69) is 5.32 Å². The van der Waals surface area contributed by atoms with Gasteiger partial charge < -0.3 is 14.8 Å². The highest BCUT2D eigenvalue weighted by atomic mass is 32.2. The number of para-hydroxylation sites is 1. The largest absolute Gasteiger partial charge is 0.351 e. The number of piperidine rings is 1. The summed E-state index contributed by atoms with van der Waals surface area (Å²) in [5.41, 5.74) is 1.56. The van der Waals surface area contributed by atoms with Crippen LogP contribution >= 0.6 is 0 Å². The van der Waals surface area contributed by atoms with Gasteiger partial charge >= 0.3 is 0 Å². The molecule has 2 amide bonds. The normalized spacial score (nSPS) is 14.4. The Balaban J connectivity index is 1.52. The molecule has 0 radical (unpaired) electrons. The number of likely N-dealkylation sites (tertiary alicyclic amines) is 1. The van der Waals surface area contributed by atoms with Gasteiger partial charge in [-0.15, -0.1) is 0 Å². The van der Waals surface area contributed by atoms with Gasteiger partial charge in [0, 0.05) is 36.7 Å². The molecule has 0 bridgehead atoms. The van der Waals surface area contributed by atoms with Crippen LogP contribution in [0.1, 0.15) is 24.8 Å². The number of sulfone groups is 1. The van der Waals surface area contributed by atoms with Crippen molar-refractivity contribution in [1.82, 2.24) is 14.8 Å². The number of nitrogens with zero attached hydrogens (tertiary/aromatic N) is 2. The van der Waals surface area contributed by atoms with E-state index in [0.29, 0.717) is 10.9 Å². The Kier molecular flexibility index (Phi) is 6.60. The molecule has 0 atom stereocenters. The lowest BCUT2D eigenvalue weighted by molar-refractivity contribution is -0.132. The van der Waals surface area contributed by atoms with E-state index in [0.717, 1.165) is 37.9 Å². The molecule has 0 saturated carbocycles. The third-order valence-electron chi connectivity index (χ3n) is 5.76. The van der Waals surface area contributed by atoms with Crippen molar-refractivity contribution in [2.75, 3.05) is 18.8 Å². The van der Waals surface area contributed by atoms with E-state index in [1.807, 2.05) is 41.3 Å². The van der Waals surface area contributed by atoms with E-state index in [4.69, 9.17) is 0 Å². The lowest BCUT2D eigenvalue weighted by Crippen LogP contribution is -2.37. The van der Waals surface area contributed by atoms with Crippen molar-refractivity contribution < 1.29 is 18.0 Å². The lowest BCUT2D eigenvalue weighted by Gasteiger charge is -2.27. The van der Waals surface area contributed by atoms with Crippen LogP contribution in [0, 0.1) is 0 Å². The molecular weight excluding hydrogens is 426 g/mol. The van der Waals surface area contributed by atoms with Crippen molar-refractivity contribution in [3.63, 3.8) is 0 Å². The first-order valence-electron chi connectivity index (χ1n) is 10.8. The lowest BCUT2D eigenvalue weighted by atomic mass is 10.1. The summed E-state index contributed by atoms with van der Waals surface area (Å²) in [5.74, 6) is -1.22. The van der Waals surface area contributed by atoms with Gasteiger partial charge in [0.05, 0.1) is 4.90 Å². The molecule has 0 unspecified atom stereocenters. The maximum Gasteiger partial charge on any atom is 0.242 e. The highest BCUT2D eigenvalue weighted by Crippen LogP contribution is 2.26. The van der Waals surface area contributed by atoms with Crippen LogP contribution in [-0.2, 0) is 32.5 Å². The Morgan fingerprint density at radius 3 is 2.34 bits per heavy atom. The highest BCUT2D eigenvalue weighted by Gasteiger charge is 2.25. The Morgan fingerprint density at radius 2 is 1.59 bits per heavy atom. The van der Waals surface area contributed by atoms with Crippen molar-refractivity contribution in [1.29, 1.82) is 0 Å². The highest BCUT2D eigenvalue weighted by molar-refractivity contribution is 7.92. The topological polar surface area (TPSA) is 88.5 Å². The van der Waals surface area contributed by atoms with Gasteiger partial charge in [-0.25, -0.2) is 8.42 Å². The summed E-state index contributed by atoms with van der Waals surface area (Å²) in [6.07, 6.45) is 4.61. The van der Waals surface area contributed by atoms with Crippen LogP contribution in [0.15, 0.2) is 65.7 Å². The first-order chi connectivity index (χ1) is 15.4. The molecule has 4 rings (SSSR count). The first kappa shape index (κ1) is 22.1. The number of rotatable bonds is 7. The number of aromatic nitrogens is 1. The molecule has 0 aliphatic carbocycles. The Hall–Kier alpha value is -3.13. The van der Waals surface area contributed by atoms with Crippen LogP contribution in [-0.4, -0.2) is 48.5 Å². The van der Waals surface area contributed by atoms with Crippen molar-refractivity contribution in [2.45, 2.75) is 37.2 Å². The van der Waals surface area contributed by atoms with Gasteiger partial charge in [-0.3, -0.25) is 9.59 Å². The minimum Gasteiger partial charge on any atom is -0.351 e. The molecule has 1 aliphatic rings. The Morgan fingerprint density at radius 1 is 0.906 bits per heavy atom. The molecular formula is C24H27N3O4S. The number of carbonyl (C=O) groups is 2. The average Bonchev–Trinajstić information content (AvgIpc) is 3.18. The van der Waals surface area contributed by atoms with Crippen LogP contribution in [0.3, 0.4) is 0 Å². The third kappa shape index (κ3) is 5.02. The van der Waals surface area contributed by atoms with E-state index in [1.54, 1.807) is 22.8 Å². The second-order valence-corrected chi connectivity index (χ2v) is 10.1. The van der Waals surface area contributed by atoms with Gasteiger partial charge in [0.25, 0.3) is 0 Å². The molecule has 1 fully saturated rings. The zero-order chi connectivity index (χ0) is 22.6. The summed E-state index contributed by atoms with van der Waals surface area (Å²) in [6, 6.07) is 16.4. The van der Waals surface area contributed by atoms with Crippen LogP contribution < -0.4 is 5.32 Å². The molecule has 7 nitrogen and oxygen atoms in total. The van der Waals surface area contributed by atoms with E-state index < -0.39 is 21.5 Å². The van der Waals surface area contributed by atoms with Crippen molar-refractivity contribution in [2.24, 2.45) is 0 Å². The molecule has 3 aromatic rings. The zero-order valence-corrected chi connectivity index (χ0v) is 18.7. The van der Waals surface area contributed by atoms with E-state index in [1.165, 1.54) is 6.20 Å². The summed E-state index contributed by atoms with van der Waals surface area (Å²) < 4.78 is 27.9. The van der Waals surface area contributed by atoms with Gasteiger partial charge in [-0.2, -0.15) is 0 Å². The predicted octanol–water partition coefficient (Wildman–Crippen LogP) is 2.74. The summed E-state index contributed by atoms with van der Waals surface area (Å²) in [5, 5.41) is 3.19. The second kappa shape index (κ2) is 9.56. The van der Waals surface area contributed by atoms with Crippen LogP contribution in [0.25, 0.3) is 10.9 Å². The first-order valence-corrected chi connectivity index (χ1v) is 12.5. The van der Waals surface area contributed by atoms with Gasteiger partial charge in [0.15, 0.2) is 9.84 Å². The fraction of sp³-hybridized carbons (Fsp3) is 0.333. The average molecular weight is 454 g/mol. The fourth-order valence-corrected chi connectivity index (χ4v) is 5.48. The van der Waals surface area contributed by atoms with Gasteiger partial charge in [0.1, 0.15) is 12.3 Å². The molecule has 32 heavy (non-hydrogen) atoms. The summed E-state index contributed by atoms with van der Waals surface area (Å²) in [6.45, 7) is 1.83. The number of fused-ring (bicyclic) bond motifs is 1. The molecule has 2 aromatic carbocycles. The number of carbonyl (C=O) groups excluding carboxylic acids is 2. The smallest absolute Gasteiger partial charge is 0.242 e. The third-order valence-corrected chi connectivity index (χ3v) is 7.39. The molecule has 8 heteroatoms. The molecule has 0 spiro atoms. The quantitative estimate of drug-likeness (QED) is 0.596. The summed E-state index contributed by atoms with van der Waals surface area (Å²) in [7, 11) is -3.89. The van der Waals surface area contributed by atoms with Crippen LogP contribution in [0.4, 0.5) is 0 Å². The van der Waals surface area contributed by atoms with E-state index in [9.17, 15) is 18.0 Å². The molecule has 168 valence electrons. The predicted molar refractivity (Wildman–Crippen MR) is 123 cm³/mol.